The highest BCUT2D eigenvalue weighted by molar-refractivity contribution is 5.69. The lowest BCUT2D eigenvalue weighted by Gasteiger charge is -2.08. The number of aromatic nitrogens is 1. The van der Waals surface area contributed by atoms with Crippen molar-refractivity contribution < 1.29 is 4.74 Å². The predicted octanol–water partition coefficient (Wildman–Crippen LogP) is 8.89. The van der Waals surface area contributed by atoms with Gasteiger partial charge in [0.15, 0.2) is 0 Å². The first kappa shape index (κ1) is 24.0. The summed E-state index contributed by atoms with van der Waals surface area (Å²) in [6, 6.07) is 21.5. The Morgan fingerprint density at radius 1 is 0.594 bits per heavy atom. The molecule has 3 rings (SSSR count). The Kier molecular flexibility index (Phi) is 10.3. The SMILES string of the molecule is CCCCCCCc1ccc(-c2ccc(-c3ccc(OCCCCCC)cc3)cc2)nc1. The summed E-state index contributed by atoms with van der Waals surface area (Å²) in [5.74, 6) is 0.955. The molecule has 0 N–H and O–H groups in total. The summed E-state index contributed by atoms with van der Waals surface area (Å²) < 4.78 is 5.86. The highest BCUT2D eigenvalue weighted by atomic mass is 16.5. The van der Waals surface area contributed by atoms with Crippen molar-refractivity contribution in [2.45, 2.75) is 78.1 Å². The molecule has 170 valence electrons. The van der Waals surface area contributed by atoms with Gasteiger partial charge in [-0.05, 0) is 54.2 Å². The first-order valence-corrected chi connectivity index (χ1v) is 12.6. The van der Waals surface area contributed by atoms with E-state index in [1.165, 1.54) is 68.1 Å². The van der Waals surface area contributed by atoms with Gasteiger partial charge >= 0.3 is 0 Å². The van der Waals surface area contributed by atoms with Gasteiger partial charge in [0, 0.05) is 11.8 Å². The summed E-state index contributed by atoms with van der Waals surface area (Å²) in [6.45, 7) is 5.30. The molecule has 0 atom stereocenters. The van der Waals surface area contributed by atoms with Gasteiger partial charge in [0.25, 0.3) is 0 Å². The molecule has 0 spiro atoms. The van der Waals surface area contributed by atoms with Crippen LogP contribution in [-0.2, 0) is 6.42 Å². The van der Waals surface area contributed by atoms with Gasteiger partial charge in [0.05, 0.1) is 12.3 Å². The smallest absolute Gasteiger partial charge is 0.119 e. The summed E-state index contributed by atoms with van der Waals surface area (Å²) in [6.07, 6.45) is 14.7. The Balaban J connectivity index is 1.51. The Morgan fingerprint density at radius 3 is 1.81 bits per heavy atom. The molecule has 0 aliphatic carbocycles. The van der Waals surface area contributed by atoms with Crippen molar-refractivity contribution in [3.63, 3.8) is 0 Å². The summed E-state index contributed by atoms with van der Waals surface area (Å²) in [5.41, 5.74) is 5.97. The number of hydrogen-bond donors (Lipinski definition) is 0. The third-order valence-electron chi connectivity index (χ3n) is 6.03. The van der Waals surface area contributed by atoms with Crippen LogP contribution < -0.4 is 4.74 Å². The zero-order valence-electron chi connectivity index (χ0n) is 20.0. The molecular weight excluding hydrogens is 390 g/mol. The highest BCUT2D eigenvalue weighted by Gasteiger charge is 2.03. The average molecular weight is 430 g/mol. The van der Waals surface area contributed by atoms with Crippen LogP contribution in [0.4, 0.5) is 0 Å². The number of benzene rings is 2. The van der Waals surface area contributed by atoms with Crippen LogP contribution in [0.3, 0.4) is 0 Å². The Labute approximate surface area is 195 Å². The number of rotatable bonds is 14. The summed E-state index contributed by atoms with van der Waals surface area (Å²) in [7, 11) is 0. The molecule has 0 amide bonds. The maximum absolute atomic E-state index is 5.86. The summed E-state index contributed by atoms with van der Waals surface area (Å²) >= 11 is 0. The van der Waals surface area contributed by atoms with Crippen LogP contribution >= 0.6 is 0 Å². The molecule has 0 aliphatic rings. The number of hydrogen-bond acceptors (Lipinski definition) is 2. The molecule has 3 aromatic rings. The van der Waals surface area contributed by atoms with Gasteiger partial charge in [-0.3, -0.25) is 4.98 Å². The lowest BCUT2D eigenvalue weighted by molar-refractivity contribution is 0.305. The molecule has 1 aromatic heterocycles. The van der Waals surface area contributed by atoms with Crippen molar-refractivity contribution in [2.24, 2.45) is 0 Å². The van der Waals surface area contributed by atoms with E-state index in [0.717, 1.165) is 36.5 Å². The summed E-state index contributed by atoms with van der Waals surface area (Å²) in [4.78, 5) is 4.71. The van der Waals surface area contributed by atoms with E-state index in [1.54, 1.807) is 0 Å². The molecule has 0 bridgehead atoms. The quantitative estimate of drug-likeness (QED) is 0.239. The van der Waals surface area contributed by atoms with Crippen molar-refractivity contribution in [1.82, 2.24) is 4.98 Å². The largest absolute Gasteiger partial charge is 0.494 e. The number of ether oxygens (including phenoxy) is 1. The normalized spacial score (nSPS) is 10.9. The van der Waals surface area contributed by atoms with Crippen molar-refractivity contribution in [3.8, 4) is 28.1 Å². The van der Waals surface area contributed by atoms with Gasteiger partial charge < -0.3 is 4.74 Å². The van der Waals surface area contributed by atoms with E-state index in [2.05, 4.69) is 74.5 Å². The fourth-order valence-corrected chi connectivity index (χ4v) is 3.97. The van der Waals surface area contributed by atoms with E-state index >= 15 is 0 Å². The molecule has 0 aliphatic heterocycles. The molecule has 0 saturated heterocycles. The second-order valence-electron chi connectivity index (χ2n) is 8.73. The molecule has 0 fully saturated rings. The second kappa shape index (κ2) is 13.7. The molecule has 1 heterocycles. The van der Waals surface area contributed by atoms with E-state index in [-0.39, 0.29) is 0 Å². The van der Waals surface area contributed by atoms with Crippen LogP contribution in [0.2, 0.25) is 0 Å². The third-order valence-corrected chi connectivity index (χ3v) is 6.03. The van der Waals surface area contributed by atoms with Gasteiger partial charge in [-0.15, -0.1) is 0 Å². The van der Waals surface area contributed by atoms with E-state index in [4.69, 9.17) is 9.72 Å². The summed E-state index contributed by atoms with van der Waals surface area (Å²) in [5, 5.41) is 0. The molecule has 2 heteroatoms. The zero-order chi connectivity index (χ0) is 22.4. The van der Waals surface area contributed by atoms with E-state index in [9.17, 15) is 0 Å². The number of pyridine rings is 1. The standard InChI is InChI=1S/C30H39NO/c1-3-5-7-9-10-12-25-13-22-30(31-24-25)28-16-14-26(15-17-28)27-18-20-29(21-19-27)32-23-11-8-6-4-2/h13-22,24H,3-12,23H2,1-2H3. The van der Waals surface area contributed by atoms with Gasteiger partial charge in [0.1, 0.15) is 5.75 Å². The van der Waals surface area contributed by atoms with E-state index < -0.39 is 0 Å². The van der Waals surface area contributed by atoms with Crippen molar-refractivity contribution in [2.75, 3.05) is 6.61 Å². The Hall–Kier alpha value is -2.61. The minimum atomic E-state index is 0.804. The fourth-order valence-electron chi connectivity index (χ4n) is 3.97. The molecular formula is C30H39NO. The Morgan fingerprint density at radius 2 is 1.19 bits per heavy atom. The van der Waals surface area contributed by atoms with Gasteiger partial charge in [-0.25, -0.2) is 0 Å². The number of aryl methyl sites for hydroxylation is 1. The predicted molar refractivity (Wildman–Crippen MR) is 137 cm³/mol. The minimum Gasteiger partial charge on any atom is -0.494 e. The first-order valence-electron chi connectivity index (χ1n) is 12.6. The maximum Gasteiger partial charge on any atom is 0.119 e. The Bertz CT molecular complexity index is 805. The molecule has 32 heavy (non-hydrogen) atoms. The van der Waals surface area contributed by atoms with Crippen molar-refractivity contribution >= 4 is 0 Å². The van der Waals surface area contributed by atoms with Crippen LogP contribution in [0, 0.1) is 0 Å². The maximum atomic E-state index is 5.86. The van der Waals surface area contributed by atoms with Crippen LogP contribution in [0.5, 0.6) is 5.75 Å². The van der Waals surface area contributed by atoms with Crippen molar-refractivity contribution in [1.29, 1.82) is 0 Å². The number of nitrogens with zero attached hydrogens (tertiary/aromatic N) is 1. The minimum absolute atomic E-state index is 0.804. The zero-order valence-corrected chi connectivity index (χ0v) is 20.0. The second-order valence-corrected chi connectivity index (χ2v) is 8.73. The average Bonchev–Trinajstić information content (AvgIpc) is 2.85. The van der Waals surface area contributed by atoms with Gasteiger partial charge in [-0.2, -0.15) is 0 Å². The van der Waals surface area contributed by atoms with Crippen LogP contribution in [0.1, 0.15) is 77.2 Å². The number of unbranched alkanes of at least 4 members (excludes halogenated alkanes) is 7. The topological polar surface area (TPSA) is 22.1 Å². The third kappa shape index (κ3) is 7.82. The lowest BCUT2D eigenvalue weighted by atomic mass is 10.0. The highest BCUT2D eigenvalue weighted by Crippen LogP contribution is 2.26. The van der Waals surface area contributed by atoms with Crippen LogP contribution in [-0.4, -0.2) is 11.6 Å². The molecule has 2 aromatic carbocycles. The van der Waals surface area contributed by atoms with Crippen LogP contribution in [0.15, 0.2) is 66.9 Å². The lowest BCUT2D eigenvalue weighted by Crippen LogP contribution is -1.96. The van der Waals surface area contributed by atoms with Gasteiger partial charge in [0.2, 0.25) is 0 Å². The van der Waals surface area contributed by atoms with Crippen molar-refractivity contribution in [3.05, 3.63) is 72.4 Å². The van der Waals surface area contributed by atoms with E-state index in [1.807, 2.05) is 6.20 Å². The molecule has 0 unspecified atom stereocenters. The monoisotopic (exact) mass is 429 g/mol. The fraction of sp³-hybridized carbons (Fsp3) is 0.433. The first-order chi connectivity index (χ1) is 15.8. The van der Waals surface area contributed by atoms with Gasteiger partial charge in [-0.1, -0.05) is 101 Å². The van der Waals surface area contributed by atoms with E-state index in [0.29, 0.717) is 0 Å². The molecule has 0 saturated carbocycles. The molecule has 2 nitrogen and oxygen atoms in total. The molecule has 0 radical (unpaired) electrons. The van der Waals surface area contributed by atoms with Crippen LogP contribution in [0.25, 0.3) is 22.4 Å².